The molecular formula is C17H20F2N2O4. The van der Waals surface area contributed by atoms with Gasteiger partial charge in [0.05, 0.1) is 13.0 Å². The van der Waals surface area contributed by atoms with Crippen LogP contribution in [0.4, 0.5) is 13.6 Å². The number of hydrogen-bond acceptors (Lipinski definition) is 4. The van der Waals surface area contributed by atoms with Crippen molar-refractivity contribution in [3.63, 3.8) is 0 Å². The molecule has 136 valence electrons. The van der Waals surface area contributed by atoms with Gasteiger partial charge in [-0.2, -0.15) is 8.78 Å². The average Bonchev–Trinajstić information content (AvgIpc) is 2.83. The van der Waals surface area contributed by atoms with Crippen LogP contribution in [0.15, 0.2) is 24.3 Å². The lowest BCUT2D eigenvalue weighted by atomic mass is 9.91. The smallest absolute Gasteiger partial charge is 0.410 e. The number of piperidine rings is 1. The van der Waals surface area contributed by atoms with Crippen LogP contribution in [0.3, 0.4) is 0 Å². The Hall–Kier alpha value is -2.38. The van der Waals surface area contributed by atoms with Crippen molar-refractivity contribution in [1.82, 2.24) is 9.80 Å². The van der Waals surface area contributed by atoms with E-state index in [1.807, 2.05) is 0 Å². The molecule has 2 aliphatic heterocycles. The van der Waals surface area contributed by atoms with E-state index in [0.29, 0.717) is 32.5 Å². The summed E-state index contributed by atoms with van der Waals surface area (Å²) >= 11 is 0. The van der Waals surface area contributed by atoms with Crippen LogP contribution in [0.2, 0.25) is 0 Å². The van der Waals surface area contributed by atoms with Gasteiger partial charge in [-0.25, -0.2) is 4.79 Å². The molecule has 2 saturated heterocycles. The highest BCUT2D eigenvalue weighted by Crippen LogP contribution is 2.32. The summed E-state index contributed by atoms with van der Waals surface area (Å²) in [5, 5.41) is 0. The summed E-state index contributed by atoms with van der Waals surface area (Å²) in [6.07, 6.45) is 1.12. The van der Waals surface area contributed by atoms with E-state index >= 15 is 0 Å². The lowest BCUT2D eigenvalue weighted by Crippen LogP contribution is -2.48. The topological polar surface area (TPSA) is 59.1 Å². The predicted octanol–water partition coefficient (Wildman–Crippen LogP) is 2.27. The van der Waals surface area contributed by atoms with Gasteiger partial charge in [-0.3, -0.25) is 4.79 Å². The van der Waals surface area contributed by atoms with Gasteiger partial charge in [0, 0.05) is 33.0 Å². The molecule has 0 bridgehead atoms. The zero-order valence-corrected chi connectivity index (χ0v) is 13.9. The van der Waals surface area contributed by atoms with Gasteiger partial charge in [0.2, 0.25) is 5.91 Å². The van der Waals surface area contributed by atoms with Crippen molar-refractivity contribution < 1.29 is 27.8 Å². The van der Waals surface area contributed by atoms with E-state index in [0.717, 1.165) is 5.56 Å². The molecule has 2 aliphatic rings. The molecule has 1 aromatic rings. The van der Waals surface area contributed by atoms with E-state index in [1.54, 1.807) is 29.0 Å². The van der Waals surface area contributed by atoms with Crippen molar-refractivity contribution >= 4 is 12.0 Å². The zero-order chi connectivity index (χ0) is 18.0. The van der Waals surface area contributed by atoms with Gasteiger partial charge in [-0.1, -0.05) is 12.1 Å². The molecule has 2 amide bonds. The molecule has 0 aromatic heterocycles. The maximum atomic E-state index is 12.4. The largest absolute Gasteiger partial charge is 0.441 e. The quantitative estimate of drug-likeness (QED) is 0.832. The van der Waals surface area contributed by atoms with Crippen LogP contribution >= 0.6 is 0 Å². The number of carbonyl (C=O) groups excluding carboxylic acids is 2. The third-order valence-electron chi connectivity index (χ3n) is 4.67. The maximum Gasteiger partial charge on any atom is 0.410 e. The lowest BCUT2D eigenvalue weighted by molar-refractivity contribution is -0.133. The normalized spacial score (nSPS) is 19.4. The third-order valence-corrected chi connectivity index (χ3v) is 4.67. The minimum absolute atomic E-state index is 0.0324. The molecule has 2 fully saturated rings. The first-order valence-electron chi connectivity index (χ1n) is 8.13. The van der Waals surface area contributed by atoms with Crippen molar-refractivity contribution in [3.05, 3.63) is 29.8 Å². The fourth-order valence-electron chi connectivity index (χ4n) is 3.29. The molecule has 0 saturated carbocycles. The molecule has 1 aromatic carbocycles. The number of likely N-dealkylation sites (tertiary alicyclic amines) is 1. The minimum atomic E-state index is -2.86. The third kappa shape index (κ3) is 4.00. The molecule has 2 heterocycles. The second kappa shape index (κ2) is 6.85. The van der Waals surface area contributed by atoms with Gasteiger partial charge >= 0.3 is 12.7 Å². The van der Waals surface area contributed by atoms with Crippen LogP contribution < -0.4 is 4.74 Å². The van der Waals surface area contributed by atoms with Gasteiger partial charge in [0.15, 0.2) is 0 Å². The SMILES string of the molecule is CN1CC2(CCN(C(=O)Cc3ccc(OC(F)F)cc3)CC2)OC1=O. The Morgan fingerprint density at radius 2 is 1.92 bits per heavy atom. The molecule has 25 heavy (non-hydrogen) atoms. The Morgan fingerprint density at radius 3 is 2.44 bits per heavy atom. The van der Waals surface area contributed by atoms with E-state index < -0.39 is 12.2 Å². The minimum Gasteiger partial charge on any atom is -0.441 e. The van der Waals surface area contributed by atoms with Crippen molar-refractivity contribution in [1.29, 1.82) is 0 Å². The molecule has 8 heteroatoms. The van der Waals surface area contributed by atoms with Gasteiger partial charge in [-0.05, 0) is 17.7 Å². The standard InChI is InChI=1S/C17H20F2N2O4/c1-20-11-17(25-16(20)23)6-8-21(9-7-17)14(22)10-12-2-4-13(5-3-12)24-15(18)19/h2-5,15H,6-11H2,1H3. The highest BCUT2D eigenvalue weighted by atomic mass is 19.3. The Bertz CT molecular complexity index is 643. The number of benzene rings is 1. The number of ether oxygens (including phenoxy) is 2. The second-order valence-corrected chi connectivity index (χ2v) is 6.49. The van der Waals surface area contributed by atoms with Crippen LogP contribution in [0.5, 0.6) is 5.75 Å². The number of amides is 2. The van der Waals surface area contributed by atoms with Crippen LogP contribution in [-0.2, 0) is 16.0 Å². The molecule has 0 aliphatic carbocycles. The highest BCUT2D eigenvalue weighted by molar-refractivity contribution is 5.79. The summed E-state index contributed by atoms with van der Waals surface area (Å²) in [5.41, 5.74) is 0.260. The predicted molar refractivity (Wildman–Crippen MR) is 84.4 cm³/mol. The molecule has 3 rings (SSSR count). The van der Waals surface area contributed by atoms with Gasteiger partial charge in [0.25, 0.3) is 0 Å². The van der Waals surface area contributed by atoms with Crippen LogP contribution in [-0.4, -0.2) is 60.7 Å². The van der Waals surface area contributed by atoms with Crippen molar-refractivity contribution in [3.8, 4) is 5.75 Å². The number of hydrogen-bond donors (Lipinski definition) is 0. The lowest BCUT2D eigenvalue weighted by Gasteiger charge is -2.37. The number of rotatable bonds is 4. The van der Waals surface area contributed by atoms with Gasteiger partial charge in [0.1, 0.15) is 11.4 Å². The Labute approximate surface area is 144 Å². The second-order valence-electron chi connectivity index (χ2n) is 6.49. The number of nitrogens with zero attached hydrogens (tertiary/aromatic N) is 2. The molecule has 0 radical (unpaired) electrons. The first-order chi connectivity index (χ1) is 11.9. The Balaban J connectivity index is 1.52. The monoisotopic (exact) mass is 354 g/mol. The van der Waals surface area contributed by atoms with E-state index in [2.05, 4.69) is 4.74 Å². The van der Waals surface area contributed by atoms with Crippen molar-refractivity contribution in [2.75, 3.05) is 26.7 Å². The molecular weight excluding hydrogens is 334 g/mol. The summed E-state index contributed by atoms with van der Waals surface area (Å²) in [4.78, 5) is 27.3. The number of halogens is 2. The van der Waals surface area contributed by atoms with Crippen molar-refractivity contribution in [2.45, 2.75) is 31.5 Å². The molecule has 0 atom stereocenters. The average molecular weight is 354 g/mol. The summed E-state index contributed by atoms with van der Waals surface area (Å²) < 4.78 is 34.0. The first kappa shape index (κ1) is 17.4. The van der Waals surface area contributed by atoms with Gasteiger partial charge in [-0.15, -0.1) is 0 Å². The Morgan fingerprint density at radius 1 is 1.28 bits per heavy atom. The van der Waals surface area contributed by atoms with Crippen molar-refractivity contribution in [2.24, 2.45) is 0 Å². The zero-order valence-electron chi connectivity index (χ0n) is 13.9. The molecule has 0 unspecified atom stereocenters. The first-order valence-corrected chi connectivity index (χ1v) is 8.13. The molecule has 6 nitrogen and oxygen atoms in total. The van der Waals surface area contributed by atoms with Crippen LogP contribution in [0.1, 0.15) is 18.4 Å². The Kier molecular flexibility index (Phi) is 4.78. The van der Waals surface area contributed by atoms with E-state index in [4.69, 9.17) is 4.74 Å². The summed E-state index contributed by atoms with van der Waals surface area (Å²) in [6.45, 7) is -1.24. The fraction of sp³-hybridized carbons (Fsp3) is 0.529. The van der Waals surface area contributed by atoms with Gasteiger partial charge < -0.3 is 19.3 Å². The van der Waals surface area contributed by atoms with E-state index in [-0.39, 0.29) is 24.2 Å². The summed E-state index contributed by atoms with van der Waals surface area (Å²) in [7, 11) is 1.70. The highest BCUT2D eigenvalue weighted by Gasteiger charge is 2.46. The van der Waals surface area contributed by atoms with E-state index in [1.165, 1.54) is 12.1 Å². The van der Waals surface area contributed by atoms with E-state index in [9.17, 15) is 18.4 Å². The number of alkyl halides is 2. The van der Waals surface area contributed by atoms with Crippen LogP contribution in [0.25, 0.3) is 0 Å². The number of likely N-dealkylation sites (N-methyl/N-ethyl adjacent to an activating group) is 1. The fourth-order valence-corrected chi connectivity index (χ4v) is 3.29. The summed E-state index contributed by atoms with van der Waals surface area (Å²) in [6, 6.07) is 6.06. The summed E-state index contributed by atoms with van der Waals surface area (Å²) in [5.74, 6) is 0.0355. The molecule has 0 N–H and O–H groups in total. The van der Waals surface area contributed by atoms with Crippen LogP contribution in [0, 0.1) is 0 Å². The molecule has 1 spiro atoms. The number of carbonyl (C=O) groups is 2. The maximum absolute atomic E-state index is 12.4.